The van der Waals surface area contributed by atoms with E-state index >= 15 is 0 Å². The van der Waals surface area contributed by atoms with Gasteiger partial charge in [-0.2, -0.15) is 13.9 Å². The van der Waals surface area contributed by atoms with E-state index in [1.54, 1.807) is 0 Å². The van der Waals surface area contributed by atoms with Crippen molar-refractivity contribution in [2.24, 2.45) is 0 Å². The van der Waals surface area contributed by atoms with Crippen LogP contribution in [0.25, 0.3) is 0 Å². The fourth-order valence-corrected chi connectivity index (χ4v) is 1.80. The number of carbonyl (C=O) groups is 1. The van der Waals surface area contributed by atoms with Gasteiger partial charge in [0.05, 0.1) is 12.0 Å². The van der Waals surface area contributed by atoms with Crippen LogP contribution in [-0.2, 0) is 5.92 Å². The van der Waals surface area contributed by atoms with Crippen LogP contribution in [0, 0.1) is 0 Å². The Balaban J connectivity index is 2.64. The second-order valence-corrected chi connectivity index (χ2v) is 3.79. The maximum Gasteiger partial charge on any atom is 0.397 e. The summed E-state index contributed by atoms with van der Waals surface area (Å²) in [5.74, 6) is -3.54. The quantitative estimate of drug-likeness (QED) is 0.533. The van der Waals surface area contributed by atoms with Gasteiger partial charge in [-0.05, 0) is 0 Å². The average molecular weight is 186 g/mol. The van der Waals surface area contributed by atoms with Gasteiger partial charge in [-0.3, -0.25) is 4.79 Å². The Bertz CT molecular complexity index is 360. The molecule has 62 valence electrons. The molecule has 0 saturated heterocycles. The number of ketones is 1. The molecular formula is C6H5AlF2N2O. The summed E-state index contributed by atoms with van der Waals surface area (Å²) in [6.07, 6.45) is 0.678. The SMILES string of the molecule is O=C1CC(F)(F)c2n[n]([AlH2])cc21. The molecule has 6 heteroatoms. The molecule has 0 amide bonds. The number of alkyl halides is 2. The maximum atomic E-state index is 12.9. The Morgan fingerprint density at radius 1 is 1.67 bits per heavy atom. The summed E-state index contributed by atoms with van der Waals surface area (Å²) in [4.78, 5) is 11.0. The molecule has 0 radical (unpaired) electrons. The zero-order valence-corrected chi connectivity index (χ0v) is 8.34. The second-order valence-electron chi connectivity index (χ2n) is 2.87. The van der Waals surface area contributed by atoms with E-state index < -0.39 is 18.1 Å². The van der Waals surface area contributed by atoms with Crippen molar-refractivity contribution in [2.45, 2.75) is 12.3 Å². The Labute approximate surface area is 75.0 Å². The van der Waals surface area contributed by atoms with Crippen molar-refractivity contribution in [1.29, 1.82) is 0 Å². The van der Waals surface area contributed by atoms with Crippen LogP contribution >= 0.6 is 0 Å². The number of carbonyl (C=O) groups excluding carboxylic acids is 1. The van der Waals surface area contributed by atoms with Crippen molar-refractivity contribution in [3.63, 3.8) is 0 Å². The number of nitrogens with zero attached hydrogens (tertiary/aromatic N) is 2. The highest BCUT2D eigenvalue weighted by atomic mass is 27.1. The first-order valence-corrected chi connectivity index (χ1v) is 4.35. The van der Waals surface area contributed by atoms with E-state index in [9.17, 15) is 13.6 Å². The van der Waals surface area contributed by atoms with Crippen LogP contribution in [-0.4, -0.2) is 31.1 Å². The molecule has 1 aromatic heterocycles. The van der Waals surface area contributed by atoms with Gasteiger partial charge in [0.2, 0.25) is 0 Å². The van der Waals surface area contributed by atoms with Gasteiger partial charge in [0.25, 0.3) is 5.92 Å². The molecule has 1 aliphatic rings. The largest absolute Gasteiger partial charge is 0.397 e. The van der Waals surface area contributed by atoms with Gasteiger partial charge in [-0.25, -0.2) is 0 Å². The Hall–Kier alpha value is -0.728. The van der Waals surface area contributed by atoms with Gasteiger partial charge in [-0.1, -0.05) is 0 Å². The van der Waals surface area contributed by atoms with Gasteiger partial charge in [-0.15, -0.1) is 0 Å². The maximum absolute atomic E-state index is 12.9. The lowest BCUT2D eigenvalue weighted by molar-refractivity contribution is -0.00341. The lowest BCUT2D eigenvalue weighted by atomic mass is 10.3. The van der Waals surface area contributed by atoms with Gasteiger partial charge in [0.1, 0.15) is 5.69 Å². The lowest BCUT2D eigenvalue weighted by Gasteiger charge is -2.04. The molecule has 0 bridgehead atoms. The van der Waals surface area contributed by atoms with E-state index in [1.807, 2.05) is 0 Å². The Morgan fingerprint density at radius 2 is 2.33 bits per heavy atom. The summed E-state index contributed by atoms with van der Waals surface area (Å²) in [6, 6.07) is 0. The smallest absolute Gasteiger partial charge is 0.373 e. The molecule has 1 heterocycles. The molecule has 1 aromatic rings. The predicted octanol–water partition coefficient (Wildman–Crippen LogP) is -0.0425. The zero-order chi connectivity index (χ0) is 8.93. The number of Topliss-reactive ketones (excluding diaryl/α,β-unsaturated/α-hetero) is 1. The second kappa shape index (κ2) is 2.15. The van der Waals surface area contributed by atoms with Gasteiger partial charge in [0.15, 0.2) is 5.78 Å². The van der Waals surface area contributed by atoms with E-state index in [2.05, 4.69) is 5.10 Å². The lowest BCUT2D eigenvalue weighted by Crippen LogP contribution is -2.11. The van der Waals surface area contributed by atoms with Crippen molar-refractivity contribution in [1.82, 2.24) is 8.76 Å². The third-order valence-electron chi connectivity index (χ3n) is 1.86. The normalized spacial score (nSPS) is 19.7. The van der Waals surface area contributed by atoms with Gasteiger partial charge >= 0.3 is 16.5 Å². The van der Waals surface area contributed by atoms with Gasteiger partial charge in [0, 0.05) is 6.20 Å². The number of rotatable bonds is 0. The summed E-state index contributed by atoms with van der Waals surface area (Å²) in [7, 11) is 0. The summed E-state index contributed by atoms with van der Waals surface area (Å²) in [5.41, 5.74) is -0.252. The highest BCUT2D eigenvalue weighted by Gasteiger charge is 2.47. The first-order chi connectivity index (χ1) is 5.50. The third kappa shape index (κ3) is 0.919. The van der Waals surface area contributed by atoms with Crippen LogP contribution in [0.5, 0.6) is 0 Å². The molecule has 0 atom stereocenters. The topological polar surface area (TPSA) is 34.9 Å². The van der Waals surface area contributed by atoms with Gasteiger partial charge < -0.3 is 3.67 Å². The highest BCUT2D eigenvalue weighted by molar-refractivity contribution is 6.08. The van der Waals surface area contributed by atoms with Crippen LogP contribution < -0.4 is 0 Å². The van der Waals surface area contributed by atoms with Crippen LogP contribution in [0.3, 0.4) is 0 Å². The Morgan fingerprint density at radius 3 is 2.92 bits per heavy atom. The number of aromatic nitrogens is 2. The summed E-state index contributed by atoms with van der Waals surface area (Å²) in [5, 5.41) is 3.60. The van der Waals surface area contributed by atoms with Crippen LogP contribution in [0.1, 0.15) is 22.5 Å². The van der Waals surface area contributed by atoms with E-state index in [-0.39, 0.29) is 11.3 Å². The molecule has 1 aliphatic carbocycles. The molecule has 0 aliphatic heterocycles. The van der Waals surface area contributed by atoms with Crippen molar-refractivity contribution in [3.8, 4) is 0 Å². The van der Waals surface area contributed by atoms with Crippen molar-refractivity contribution < 1.29 is 13.6 Å². The monoisotopic (exact) mass is 186 g/mol. The van der Waals surface area contributed by atoms with Crippen LogP contribution in [0.15, 0.2) is 6.20 Å². The molecule has 0 spiro atoms. The minimum atomic E-state index is -3.04. The molecule has 2 rings (SSSR count). The number of fused-ring (bicyclic) bond motifs is 1. The Kier molecular flexibility index (Phi) is 1.41. The van der Waals surface area contributed by atoms with E-state index in [0.29, 0.717) is 16.5 Å². The molecule has 0 aromatic carbocycles. The standard InChI is InChI=1S/C6H4F2N2O.Al.2H/c7-6(8)1-4(11)3-2-9-10-5(3)6;;;/h2H,1H2,(H,9,10,11);;;/q;+1;;/p-1. The molecule has 0 fully saturated rings. The van der Waals surface area contributed by atoms with Crippen molar-refractivity contribution >= 4 is 22.3 Å². The minimum absolute atomic E-state index is 0.0926. The third-order valence-corrected chi connectivity index (χ3v) is 2.32. The average Bonchev–Trinajstić information content (AvgIpc) is 2.37. The van der Waals surface area contributed by atoms with E-state index in [1.165, 1.54) is 9.86 Å². The van der Waals surface area contributed by atoms with Crippen molar-refractivity contribution in [2.75, 3.05) is 0 Å². The molecule has 3 nitrogen and oxygen atoms in total. The van der Waals surface area contributed by atoms with E-state index in [0.717, 1.165) is 0 Å². The number of hydrogen-bond acceptors (Lipinski definition) is 2. The van der Waals surface area contributed by atoms with E-state index in [4.69, 9.17) is 0 Å². The van der Waals surface area contributed by atoms with Crippen molar-refractivity contribution in [3.05, 3.63) is 17.5 Å². The molecular weight excluding hydrogens is 181 g/mol. The first kappa shape index (κ1) is 7.90. The fourth-order valence-electron chi connectivity index (χ4n) is 1.34. The zero-order valence-electron chi connectivity index (χ0n) is 6.34. The summed E-state index contributed by atoms with van der Waals surface area (Å²) < 4.78 is 27.2. The minimum Gasteiger partial charge on any atom is -0.373 e. The predicted molar refractivity (Wildman–Crippen MR) is 39.0 cm³/mol. The molecule has 0 saturated carbocycles. The number of hydrogen-bond donors (Lipinski definition) is 0. The summed E-state index contributed by atoms with van der Waals surface area (Å²) in [6.45, 7) is 0. The number of halogens is 2. The molecule has 0 N–H and O–H groups in total. The van der Waals surface area contributed by atoms with Crippen LogP contribution in [0.2, 0.25) is 0 Å². The highest BCUT2D eigenvalue weighted by Crippen LogP contribution is 2.39. The summed E-state index contributed by atoms with van der Waals surface area (Å²) >= 11 is 0.522. The molecule has 12 heavy (non-hydrogen) atoms. The molecule has 0 unspecified atom stereocenters. The first-order valence-electron chi connectivity index (χ1n) is 3.46. The fraction of sp³-hybridized carbons (Fsp3) is 0.333. The van der Waals surface area contributed by atoms with Crippen LogP contribution in [0.4, 0.5) is 8.78 Å².